The van der Waals surface area contributed by atoms with Gasteiger partial charge in [-0.3, -0.25) is 9.88 Å². The van der Waals surface area contributed by atoms with Gasteiger partial charge in [-0.1, -0.05) is 12.1 Å². The van der Waals surface area contributed by atoms with Crippen LogP contribution in [-0.2, 0) is 11.8 Å². The van der Waals surface area contributed by atoms with Crippen molar-refractivity contribution >= 4 is 0 Å². The molecule has 1 saturated carbocycles. The van der Waals surface area contributed by atoms with Gasteiger partial charge in [-0.05, 0) is 100 Å². The Labute approximate surface area is 198 Å². The first-order chi connectivity index (χ1) is 15.9. The average Bonchev–Trinajstić information content (AvgIpc) is 3.65. The van der Waals surface area contributed by atoms with Crippen LogP contribution in [0.5, 0.6) is 5.75 Å². The van der Waals surface area contributed by atoms with E-state index in [4.69, 9.17) is 0 Å². The molecule has 0 amide bonds. The van der Waals surface area contributed by atoms with Gasteiger partial charge in [0.05, 0.1) is 5.60 Å². The van der Waals surface area contributed by atoms with Crippen LogP contribution in [0.2, 0.25) is 0 Å². The van der Waals surface area contributed by atoms with Gasteiger partial charge in [-0.15, -0.1) is 0 Å². The molecular weight excluding hydrogens is 410 g/mol. The highest BCUT2D eigenvalue weighted by atomic mass is 16.3. The zero-order chi connectivity index (χ0) is 23.1. The molecular formula is C28H39N3O2. The lowest BCUT2D eigenvalue weighted by Gasteiger charge is -2.58. The summed E-state index contributed by atoms with van der Waals surface area (Å²) in [5.41, 5.74) is 2.29. The smallest absolute Gasteiger partial charge is 0.115 e. The van der Waals surface area contributed by atoms with E-state index in [2.05, 4.69) is 40.8 Å². The van der Waals surface area contributed by atoms with Gasteiger partial charge in [0.25, 0.3) is 0 Å². The normalized spacial score (nSPS) is 31.2. The summed E-state index contributed by atoms with van der Waals surface area (Å²) in [6.07, 6.45) is 8.08. The molecule has 5 rings (SSSR count). The molecule has 0 bridgehead atoms. The van der Waals surface area contributed by atoms with Crippen LogP contribution < -0.4 is 0 Å². The molecule has 3 heterocycles. The van der Waals surface area contributed by atoms with Gasteiger partial charge in [0.1, 0.15) is 5.75 Å². The Bertz CT molecular complexity index is 963. The van der Waals surface area contributed by atoms with Crippen molar-refractivity contribution < 1.29 is 10.2 Å². The largest absolute Gasteiger partial charge is 0.508 e. The fourth-order valence-electron chi connectivity index (χ4n) is 6.58. The summed E-state index contributed by atoms with van der Waals surface area (Å²) in [4.78, 5) is 9.57. The number of nitrogens with zero attached hydrogens (tertiary/aromatic N) is 3. The highest BCUT2D eigenvalue weighted by Crippen LogP contribution is 2.53. The Morgan fingerprint density at radius 2 is 1.85 bits per heavy atom. The second-order valence-electron chi connectivity index (χ2n) is 10.8. The number of hydrogen-bond donors (Lipinski definition) is 2. The molecule has 1 aromatic heterocycles. The second-order valence-corrected chi connectivity index (χ2v) is 10.8. The zero-order valence-corrected chi connectivity index (χ0v) is 20.2. The number of phenolic OH excluding ortho intramolecular Hbond substituents is 1. The molecule has 2 aromatic rings. The fraction of sp³-hybridized carbons (Fsp3) is 0.607. The van der Waals surface area contributed by atoms with Crippen LogP contribution in [0.1, 0.15) is 55.8 Å². The lowest BCUT2D eigenvalue weighted by Crippen LogP contribution is -2.68. The van der Waals surface area contributed by atoms with E-state index in [1.165, 1.54) is 18.4 Å². The van der Waals surface area contributed by atoms with Gasteiger partial charge in [-0.25, -0.2) is 0 Å². The third-order valence-electron chi connectivity index (χ3n) is 8.89. The summed E-state index contributed by atoms with van der Waals surface area (Å²) in [5.74, 6) is 1.11. The molecule has 3 atom stereocenters. The molecule has 0 spiro atoms. The monoisotopic (exact) mass is 449 g/mol. The van der Waals surface area contributed by atoms with Crippen molar-refractivity contribution in [3.63, 3.8) is 0 Å². The molecule has 3 aliphatic rings. The van der Waals surface area contributed by atoms with Crippen molar-refractivity contribution in [2.75, 3.05) is 32.7 Å². The number of piperidine rings is 1. The Balaban J connectivity index is 1.45. The molecule has 5 nitrogen and oxygen atoms in total. The number of rotatable bonds is 6. The average molecular weight is 450 g/mol. The van der Waals surface area contributed by atoms with E-state index in [-0.39, 0.29) is 11.5 Å². The Kier molecular flexibility index (Phi) is 6.23. The number of phenols is 1. The van der Waals surface area contributed by atoms with Crippen LogP contribution >= 0.6 is 0 Å². The quantitative estimate of drug-likeness (QED) is 0.700. The van der Waals surface area contributed by atoms with Crippen LogP contribution in [0.25, 0.3) is 0 Å². The van der Waals surface area contributed by atoms with Crippen molar-refractivity contribution in [2.24, 2.45) is 5.92 Å². The van der Waals surface area contributed by atoms with Crippen molar-refractivity contribution in [2.45, 2.75) is 69.4 Å². The van der Waals surface area contributed by atoms with Gasteiger partial charge >= 0.3 is 0 Å². The number of aromatic hydroxyl groups is 1. The molecule has 1 aliphatic carbocycles. The molecule has 1 aromatic carbocycles. The predicted octanol–water partition coefficient (Wildman–Crippen LogP) is 3.91. The number of likely N-dealkylation sites (tertiary alicyclic amines) is 2. The molecule has 178 valence electrons. The zero-order valence-electron chi connectivity index (χ0n) is 20.2. The Morgan fingerprint density at radius 3 is 2.61 bits per heavy atom. The third-order valence-corrected chi connectivity index (χ3v) is 8.89. The van der Waals surface area contributed by atoms with Crippen molar-refractivity contribution in [1.29, 1.82) is 0 Å². The molecule has 33 heavy (non-hydrogen) atoms. The minimum atomic E-state index is -0.821. The van der Waals surface area contributed by atoms with Gasteiger partial charge in [0.15, 0.2) is 0 Å². The van der Waals surface area contributed by atoms with Crippen LogP contribution in [0, 0.1) is 12.8 Å². The number of hydrogen-bond acceptors (Lipinski definition) is 5. The van der Waals surface area contributed by atoms with Crippen LogP contribution in [0.3, 0.4) is 0 Å². The summed E-state index contributed by atoms with van der Waals surface area (Å²) in [6.45, 7) is 9.32. The van der Waals surface area contributed by atoms with Gasteiger partial charge < -0.3 is 15.1 Å². The van der Waals surface area contributed by atoms with E-state index < -0.39 is 5.60 Å². The first-order valence-corrected chi connectivity index (χ1v) is 12.8. The van der Waals surface area contributed by atoms with E-state index in [1.807, 2.05) is 24.4 Å². The first kappa shape index (κ1) is 22.8. The topological polar surface area (TPSA) is 59.8 Å². The molecule has 2 aliphatic heterocycles. The maximum atomic E-state index is 12.6. The number of aryl methyl sites for hydroxylation is 1. The number of benzene rings is 1. The van der Waals surface area contributed by atoms with E-state index in [9.17, 15) is 10.2 Å². The van der Waals surface area contributed by atoms with Crippen LogP contribution in [0.15, 0.2) is 42.6 Å². The van der Waals surface area contributed by atoms with E-state index >= 15 is 0 Å². The minimum Gasteiger partial charge on any atom is -0.508 e. The SMILES string of the molecule is Cc1ccc(O)cc1C12CCN(CCc3ccccn3)CCC1(O)C(C)N(CC1CC1)CC2. The molecule has 5 heteroatoms. The highest BCUT2D eigenvalue weighted by Gasteiger charge is 2.59. The predicted molar refractivity (Wildman–Crippen MR) is 131 cm³/mol. The van der Waals surface area contributed by atoms with Crippen molar-refractivity contribution in [1.82, 2.24) is 14.8 Å². The summed E-state index contributed by atoms with van der Waals surface area (Å²) in [5, 5.41) is 23.0. The number of fused-ring (bicyclic) bond motifs is 1. The van der Waals surface area contributed by atoms with Crippen LogP contribution in [-0.4, -0.2) is 69.4 Å². The maximum absolute atomic E-state index is 12.6. The number of aromatic nitrogens is 1. The summed E-state index contributed by atoms with van der Waals surface area (Å²) in [6, 6.07) is 11.9. The molecule has 3 unspecified atom stereocenters. The van der Waals surface area contributed by atoms with Gasteiger partial charge in [0.2, 0.25) is 0 Å². The Morgan fingerprint density at radius 1 is 1.06 bits per heavy atom. The van der Waals surface area contributed by atoms with Crippen molar-refractivity contribution in [3.8, 4) is 5.75 Å². The summed E-state index contributed by atoms with van der Waals surface area (Å²) in [7, 11) is 0. The van der Waals surface area contributed by atoms with E-state index in [0.29, 0.717) is 5.75 Å². The van der Waals surface area contributed by atoms with E-state index in [0.717, 1.165) is 75.6 Å². The molecule has 2 saturated heterocycles. The minimum absolute atomic E-state index is 0.101. The maximum Gasteiger partial charge on any atom is 0.115 e. The Hall–Kier alpha value is -1.95. The van der Waals surface area contributed by atoms with Crippen LogP contribution in [0.4, 0.5) is 0 Å². The fourth-order valence-corrected chi connectivity index (χ4v) is 6.58. The third kappa shape index (κ3) is 4.31. The number of pyridine rings is 1. The van der Waals surface area contributed by atoms with Gasteiger partial charge in [-0.2, -0.15) is 0 Å². The van der Waals surface area contributed by atoms with Crippen molar-refractivity contribution in [3.05, 3.63) is 59.4 Å². The number of aliphatic hydroxyl groups is 1. The highest BCUT2D eigenvalue weighted by molar-refractivity contribution is 5.43. The molecule has 0 radical (unpaired) electrons. The lowest BCUT2D eigenvalue weighted by atomic mass is 9.57. The van der Waals surface area contributed by atoms with E-state index in [1.54, 1.807) is 6.07 Å². The summed E-state index contributed by atoms with van der Waals surface area (Å²) < 4.78 is 0. The molecule has 3 fully saturated rings. The first-order valence-electron chi connectivity index (χ1n) is 12.8. The molecule has 2 N–H and O–H groups in total. The van der Waals surface area contributed by atoms with Gasteiger partial charge in [0, 0.05) is 49.4 Å². The standard InChI is InChI=1S/C28H39N3O2/c1-21-6-9-25(32)19-26(21)27-11-16-30(15-10-24-5-3-4-14-29-24)17-13-28(27,33)22(2)31(18-12-27)20-23-7-8-23/h3-6,9,14,19,22-23,32-33H,7-8,10-13,15-18,20H2,1-2H3. The second kappa shape index (κ2) is 9.01. The lowest BCUT2D eigenvalue weighted by molar-refractivity contribution is -0.136. The summed E-state index contributed by atoms with van der Waals surface area (Å²) >= 11 is 0.